The molecule has 1 N–H and O–H groups in total. The molecule has 0 heterocycles. The minimum Gasteiger partial charge on any atom is -0.365 e. The van der Waals surface area contributed by atoms with Crippen LogP contribution < -0.4 is 0 Å². The summed E-state index contributed by atoms with van der Waals surface area (Å²) in [5.74, 6) is 0. The van der Waals surface area contributed by atoms with E-state index in [4.69, 9.17) is 5.11 Å². The molecule has 0 aromatic rings. The summed E-state index contributed by atoms with van der Waals surface area (Å²) in [6, 6.07) is 0. The van der Waals surface area contributed by atoms with Crippen molar-refractivity contribution < 1.29 is 9.84 Å². The van der Waals surface area contributed by atoms with Crippen molar-refractivity contribution >= 4 is 0 Å². The summed E-state index contributed by atoms with van der Waals surface area (Å²) >= 11 is 0. The van der Waals surface area contributed by atoms with Gasteiger partial charge in [-0.2, -0.15) is 0 Å². The average molecular weight is 156 g/mol. The maximum absolute atomic E-state index is 9.03. The van der Waals surface area contributed by atoms with Crippen LogP contribution in [0.25, 0.3) is 0 Å². The first-order valence-corrected chi connectivity index (χ1v) is 4.06. The highest BCUT2D eigenvalue weighted by molar-refractivity contribution is 5.02. The Morgan fingerprint density at radius 1 is 1.55 bits per heavy atom. The molecule has 1 saturated carbocycles. The Morgan fingerprint density at radius 2 is 2.18 bits per heavy atom. The van der Waals surface area contributed by atoms with E-state index in [-0.39, 0.29) is 0 Å². The fraction of sp³-hybridized carbons (Fsp3) is 0.778. The van der Waals surface area contributed by atoms with Gasteiger partial charge in [-0.3, -0.25) is 0 Å². The van der Waals surface area contributed by atoms with Crippen molar-refractivity contribution in [2.24, 2.45) is 5.41 Å². The SMILES string of the molecule is COC(O)C=CC1(C)CCC1. The minimum absolute atomic E-state index is 0.333. The van der Waals surface area contributed by atoms with Gasteiger partial charge in [-0.05, 0) is 24.3 Å². The van der Waals surface area contributed by atoms with Gasteiger partial charge in [0, 0.05) is 7.11 Å². The van der Waals surface area contributed by atoms with Crippen molar-refractivity contribution in [1.29, 1.82) is 0 Å². The maximum Gasteiger partial charge on any atom is 0.173 e. The lowest BCUT2D eigenvalue weighted by Gasteiger charge is -2.35. The Labute approximate surface area is 67.9 Å². The molecule has 0 aliphatic heterocycles. The molecule has 0 aromatic heterocycles. The van der Waals surface area contributed by atoms with E-state index in [0.717, 1.165) is 0 Å². The molecule has 0 bridgehead atoms. The van der Waals surface area contributed by atoms with Gasteiger partial charge in [0.15, 0.2) is 6.29 Å². The van der Waals surface area contributed by atoms with E-state index < -0.39 is 6.29 Å². The fourth-order valence-corrected chi connectivity index (χ4v) is 1.29. The van der Waals surface area contributed by atoms with Crippen LogP contribution in [0.2, 0.25) is 0 Å². The first-order chi connectivity index (χ1) is 5.16. The van der Waals surface area contributed by atoms with Gasteiger partial charge in [0.2, 0.25) is 0 Å². The standard InChI is InChI=1S/C9H16O2/c1-9(5-3-6-9)7-4-8(10)11-2/h4,7-8,10H,3,5-6H2,1-2H3. The van der Waals surface area contributed by atoms with E-state index in [1.807, 2.05) is 0 Å². The van der Waals surface area contributed by atoms with E-state index in [2.05, 4.69) is 17.7 Å². The van der Waals surface area contributed by atoms with Crippen LogP contribution in [0.3, 0.4) is 0 Å². The molecule has 1 rings (SSSR count). The maximum atomic E-state index is 9.03. The van der Waals surface area contributed by atoms with Gasteiger partial charge in [0.05, 0.1) is 0 Å². The molecule has 2 nitrogen and oxygen atoms in total. The number of rotatable bonds is 3. The fourth-order valence-electron chi connectivity index (χ4n) is 1.29. The molecular weight excluding hydrogens is 140 g/mol. The van der Waals surface area contributed by atoms with Crippen LogP contribution in [-0.4, -0.2) is 18.5 Å². The Kier molecular flexibility index (Phi) is 2.68. The highest BCUT2D eigenvalue weighted by Gasteiger charge is 2.28. The van der Waals surface area contributed by atoms with Gasteiger partial charge >= 0.3 is 0 Å². The van der Waals surface area contributed by atoms with Gasteiger partial charge in [0.1, 0.15) is 0 Å². The number of aliphatic hydroxyl groups is 1. The molecule has 1 aliphatic rings. The lowest BCUT2D eigenvalue weighted by atomic mass is 9.70. The zero-order valence-electron chi connectivity index (χ0n) is 7.21. The second-order valence-electron chi connectivity index (χ2n) is 3.49. The van der Waals surface area contributed by atoms with Crippen molar-refractivity contribution in [2.75, 3.05) is 7.11 Å². The first kappa shape index (κ1) is 8.75. The van der Waals surface area contributed by atoms with Crippen LogP contribution in [0.4, 0.5) is 0 Å². The third kappa shape index (κ3) is 2.31. The zero-order valence-corrected chi connectivity index (χ0v) is 7.21. The molecule has 1 unspecified atom stereocenters. The molecule has 0 aromatic carbocycles. The van der Waals surface area contributed by atoms with Gasteiger partial charge in [-0.1, -0.05) is 19.4 Å². The second-order valence-corrected chi connectivity index (χ2v) is 3.49. The van der Waals surface area contributed by atoms with Gasteiger partial charge in [-0.25, -0.2) is 0 Å². The molecule has 0 spiro atoms. The van der Waals surface area contributed by atoms with Gasteiger partial charge in [0.25, 0.3) is 0 Å². The number of aliphatic hydroxyl groups excluding tert-OH is 1. The van der Waals surface area contributed by atoms with Crippen molar-refractivity contribution in [3.8, 4) is 0 Å². The molecule has 64 valence electrons. The summed E-state index contributed by atoms with van der Waals surface area (Å²) in [4.78, 5) is 0. The van der Waals surface area contributed by atoms with Crippen molar-refractivity contribution in [3.05, 3.63) is 12.2 Å². The highest BCUT2D eigenvalue weighted by Crippen LogP contribution is 2.41. The first-order valence-electron chi connectivity index (χ1n) is 4.06. The lowest BCUT2D eigenvalue weighted by Crippen LogP contribution is -2.23. The number of allylic oxidation sites excluding steroid dienone is 1. The quantitative estimate of drug-likeness (QED) is 0.498. The lowest BCUT2D eigenvalue weighted by molar-refractivity contribution is -0.0366. The summed E-state index contributed by atoms with van der Waals surface area (Å²) in [7, 11) is 1.50. The molecular formula is C9H16O2. The topological polar surface area (TPSA) is 29.5 Å². The summed E-state index contributed by atoms with van der Waals surface area (Å²) in [6.45, 7) is 2.20. The molecule has 2 heteroatoms. The molecule has 1 fully saturated rings. The molecule has 1 aliphatic carbocycles. The Hall–Kier alpha value is -0.340. The third-order valence-electron chi connectivity index (χ3n) is 2.40. The van der Waals surface area contributed by atoms with Crippen LogP contribution in [0, 0.1) is 5.41 Å². The monoisotopic (exact) mass is 156 g/mol. The number of methoxy groups -OCH3 is 1. The molecule has 11 heavy (non-hydrogen) atoms. The Bertz CT molecular complexity index is 148. The molecule has 0 radical (unpaired) electrons. The van der Waals surface area contributed by atoms with E-state index in [9.17, 15) is 0 Å². The van der Waals surface area contributed by atoms with E-state index in [0.29, 0.717) is 5.41 Å². The number of hydrogen-bond donors (Lipinski definition) is 1. The van der Waals surface area contributed by atoms with Crippen LogP contribution >= 0.6 is 0 Å². The number of ether oxygens (including phenoxy) is 1. The third-order valence-corrected chi connectivity index (χ3v) is 2.40. The molecule has 0 amide bonds. The molecule has 0 saturated heterocycles. The average Bonchev–Trinajstić information content (AvgIpc) is 1.96. The summed E-state index contributed by atoms with van der Waals surface area (Å²) < 4.78 is 4.68. The zero-order chi connectivity index (χ0) is 8.32. The van der Waals surface area contributed by atoms with Crippen molar-refractivity contribution in [2.45, 2.75) is 32.5 Å². The van der Waals surface area contributed by atoms with Gasteiger partial charge in [-0.15, -0.1) is 0 Å². The van der Waals surface area contributed by atoms with Gasteiger partial charge < -0.3 is 9.84 Å². The Morgan fingerprint density at radius 3 is 2.55 bits per heavy atom. The van der Waals surface area contributed by atoms with Crippen LogP contribution in [0.15, 0.2) is 12.2 Å². The van der Waals surface area contributed by atoms with E-state index in [1.54, 1.807) is 6.08 Å². The van der Waals surface area contributed by atoms with Crippen molar-refractivity contribution in [3.63, 3.8) is 0 Å². The van der Waals surface area contributed by atoms with Crippen LogP contribution in [0.5, 0.6) is 0 Å². The largest absolute Gasteiger partial charge is 0.365 e. The highest BCUT2D eigenvalue weighted by atomic mass is 16.6. The summed E-state index contributed by atoms with van der Waals surface area (Å²) in [5.41, 5.74) is 0.333. The summed E-state index contributed by atoms with van der Waals surface area (Å²) in [6.07, 6.45) is 6.83. The van der Waals surface area contributed by atoms with Crippen LogP contribution in [0.1, 0.15) is 26.2 Å². The molecule has 1 atom stereocenters. The predicted octanol–water partition coefficient (Wildman–Crippen LogP) is 1.70. The number of hydrogen-bond acceptors (Lipinski definition) is 2. The van der Waals surface area contributed by atoms with Crippen molar-refractivity contribution in [1.82, 2.24) is 0 Å². The van der Waals surface area contributed by atoms with Crippen LogP contribution in [-0.2, 0) is 4.74 Å². The smallest absolute Gasteiger partial charge is 0.173 e. The Balaban J connectivity index is 2.33. The minimum atomic E-state index is -0.729. The van der Waals surface area contributed by atoms with E-state index >= 15 is 0 Å². The predicted molar refractivity (Wildman–Crippen MR) is 44.1 cm³/mol. The summed E-state index contributed by atoms with van der Waals surface area (Å²) in [5, 5.41) is 9.03. The normalized spacial score (nSPS) is 25.0. The second kappa shape index (κ2) is 3.37. The van der Waals surface area contributed by atoms with E-state index in [1.165, 1.54) is 26.4 Å².